The van der Waals surface area contributed by atoms with Gasteiger partial charge in [-0.3, -0.25) is 4.90 Å². The Kier molecular flexibility index (Phi) is 4.81. The number of fused-ring (bicyclic) bond motifs is 4. The lowest BCUT2D eigenvalue weighted by molar-refractivity contribution is 0.185. The first kappa shape index (κ1) is 18.6. The largest absolute Gasteiger partial charge is 0.493 e. The molecule has 0 saturated heterocycles. The van der Waals surface area contributed by atoms with Gasteiger partial charge in [-0.15, -0.1) is 0 Å². The Morgan fingerprint density at radius 3 is 2.15 bits per heavy atom. The van der Waals surface area contributed by atoms with Crippen molar-refractivity contribution < 1.29 is 9.47 Å². The Bertz CT molecular complexity index is 843. The summed E-state index contributed by atoms with van der Waals surface area (Å²) in [4.78, 5) is 2.74. The Balaban J connectivity index is 1.93. The fraction of sp³-hybridized carbons (Fsp3) is 0.478. The van der Waals surface area contributed by atoms with Gasteiger partial charge in [0.25, 0.3) is 0 Å². The van der Waals surface area contributed by atoms with Gasteiger partial charge in [0.15, 0.2) is 11.5 Å². The summed E-state index contributed by atoms with van der Waals surface area (Å²) in [7, 11) is 1.96. The second kappa shape index (κ2) is 6.99. The first-order valence-electron chi connectivity index (χ1n) is 10.0. The molecule has 0 saturated carbocycles. The molecule has 0 radical (unpaired) electrons. The van der Waals surface area contributed by atoms with E-state index < -0.39 is 8.07 Å². The number of nitrogens with zero attached hydrogens (tertiary/aromatic N) is 1. The second-order valence-corrected chi connectivity index (χ2v) is 14.3. The van der Waals surface area contributed by atoms with Crippen LogP contribution in [0.15, 0.2) is 36.4 Å². The van der Waals surface area contributed by atoms with Crippen molar-refractivity contribution in [1.29, 1.82) is 0 Å². The zero-order valence-electron chi connectivity index (χ0n) is 17.2. The van der Waals surface area contributed by atoms with Crippen molar-refractivity contribution in [1.82, 2.24) is 4.90 Å². The highest BCUT2D eigenvalue weighted by molar-refractivity contribution is 6.77. The van der Waals surface area contributed by atoms with Gasteiger partial charge in [-0.1, -0.05) is 43.9 Å². The van der Waals surface area contributed by atoms with Gasteiger partial charge in [0.1, 0.15) is 0 Å². The van der Waals surface area contributed by atoms with Crippen LogP contribution in [0.2, 0.25) is 19.6 Å². The van der Waals surface area contributed by atoms with Crippen LogP contribution < -0.4 is 9.47 Å². The van der Waals surface area contributed by atoms with Crippen LogP contribution in [0.1, 0.15) is 33.8 Å². The fourth-order valence-electron chi connectivity index (χ4n) is 5.11. The lowest BCUT2D eigenvalue weighted by Gasteiger charge is -2.45. The van der Waals surface area contributed by atoms with Gasteiger partial charge in [0.2, 0.25) is 0 Å². The molecule has 2 aromatic carbocycles. The van der Waals surface area contributed by atoms with Gasteiger partial charge < -0.3 is 9.47 Å². The van der Waals surface area contributed by atoms with Crippen LogP contribution in [0.5, 0.6) is 11.5 Å². The average molecular weight is 382 g/mol. The topological polar surface area (TPSA) is 21.7 Å². The molecule has 2 heterocycles. The summed E-state index contributed by atoms with van der Waals surface area (Å²) >= 11 is 0. The molecule has 2 aliphatic rings. The van der Waals surface area contributed by atoms with Crippen LogP contribution in [0.25, 0.3) is 0 Å². The molecule has 0 aliphatic carbocycles. The maximum atomic E-state index is 5.69. The van der Waals surface area contributed by atoms with Crippen molar-refractivity contribution in [3.8, 4) is 11.5 Å². The molecular weight excluding hydrogens is 350 g/mol. The maximum absolute atomic E-state index is 5.69. The first-order valence-corrected chi connectivity index (χ1v) is 13.6. The number of ether oxygens (including phenoxy) is 2. The van der Waals surface area contributed by atoms with Gasteiger partial charge in [-0.25, -0.2) is 0 Å². The molecule has 0 bridgehead atoms. The van der Waals surface area contributed by atoms with E-state index in [1.807, 2.05) is 0 Å². The smallest absolute Gasteiger partial charge is 0.161 e. The number of hydrogen-bond donors (Lipinski definition) is 0. The fourth-order valence-corrected chi connectivity index (χ4v) is 7.65. The van der Waals surface area contributed by atoms with Crippen molar-refractivity contribution in [3.63, 3.8) is 0 Å². The van der Waals surface area contributed by atoms with Gasteiger partial charge in [0.05, 0.1) is 22.3 Å². The highest BCUT2D eigenvalue weighted by atomic mass is 28.3. The quantitative estimate of drug-likeness (QED) is 0.712. The van der Waals surface area contributed by atoms with Crippen molar-refractivity contribution in [3.05, 3.63) is 58.7 Å². The minimum Gasteiger partial charge on any atom is -0.493 e. The number of hydrogen-bond acceptors (Lipinski definition) is 3. The molecule has 3 nitrogen and oxygen atoms in total. The standard InChI is InChI=1S/C23H31NO2Si/c1-25-20-14-17-11-13-24-12-10-16-8-6-7-9-18(16)22(24)23(27(3,4)5)19(17)15-21(20)26-2/h6-9,14-15,22-23H,10-13H2,1-5H3. The summed E-state index contributed by atoms with van der Waals surface area (Å²) in [6, 6.07) is 14.1. The normalized spacial score (nSPS) is 22.3. The number of rotatable bonds is 3. The van der Waals surface area contributed by atoms with E-state index in [9.17, 15) is 0 Å². The molecule has 2 aliphatic heterocycles. The highest BCUT2D eigenvalue weighted by Crippen LogP contribution is 2.49. The molecule has 4 heteroatoms. The lowest BCUT2D eigenvalue weighted by atomic mass is 9.88. The van der Waals surface area contributed by atoms with Crippen molar-refractivity contribution in [2.45, 2.75) is 44.1 Å². The zero-order chi connectivity index (χ0) is 19.2. The lowest BCUT2D eigenvalue weighted by Crippen LogP contribution is -2.45. The Morgan fingerprint density at radius 1 is 0.852 bits per heavy atom. The van der Waals surface area contributed by atoms with E-state index in [-0.39, 0.29) is 0 Å². The van der Waals surface area contributed by atoms with Crippen LogP contribution in [-0.4, -0.2) is 40.3 Å². The molecular formula is C23H31NO2Si. The molecule has 0 N–H and O–H groups in total. The summed E-state index contributed by atoms with van der Waals surface area (Å²) in [5, 5.41) is 0. The third kappa shape index (κ3) is 3.19. The molecule has 0 spiro atoms. The molecule has 2 aromatic rings. The molecule has 2 unspecified atom stereocenters. The first-order chi connectivity index (χ1) is 12.9. The van der Waals surface area contributed by atoms with Crippen LogP contribution >= 0.6 is 0 Å². The van der Waals surface area contributed by atoms with Crippen molar-refractivity contribution in [2.24, 2.45) is 0 Å². The second-order valence-electron chi connectivity index (χ2n) is 8.93. The molecule has 4 rings (SSSR count). The average Bonchev–Trinajstić information content (AvgIpc) is 2.83. The van der Waals surface area contributed by atoms with Crippen molar-refractivity contribution >= 4 is 8.07 Å². The molecule has 144 valence electrons. The van der Waals surface area contributed by atoms with E-state index in [1.54, 1.807) is 19.8 Å². The van der Waals surface area contributed by atoms with Crippen LogP contribution in [0.4, 0.5) is 0 Å². The van der Waals surface area contributed by atoms with E-state index in [1.165, 1.54) is 16.7 Å². The summed E-state index contributed by atoms with van der Waals surface area (Å²) in [5.74, 6) is 1.71. The Morgan fingerprint density at radius 2 is 1.48 bits per heavy atom. The zero-order valence-corrected chi connectivity index (χ0v) is 18.2. The Labute approximate surface area is 164 Å². The number of benzene rings is 2. The highest BCUT2D eigenvalue weighted by Gasteiger charge is 2.44. The van der Waals surface area contributed by atoms with Gasteiger partial charge >= 0.3 is 0 Å². The SMILES string of the molecule is COc1cc2c(cc1OC)C([Si](C)(C)C)C1c3ccccc3CCN1CC2. The van der Waals surface area contributed by atoms with E-state index in [0.717, 1.165) is 37.4 Å². The van der Waals surface area contributed by atoms with Gasteiger partial charge in [-0.05, 0) is 52.8 Å². The molecule has 0 aromatic heterocycles. The Hall–Kier alpha value is -1.78. The summed E-state index contributed by atoms with van der Waals surface area (Å²) in [5.41, 5.74) is 6.53. The third-order valence-electron chi connectivity index (χ3n) is 6.33. The molecule has 0 fully saturated rings. The van der Waals surface area contributed by atoms with Gasteiger partial charge in [-0.2, -0.15) is 0 Å². The minimum atomic E-state index is -1.52. The predicted octanol–water partition coefficient (Wildman–Crippen LogP) is 4.82. The maximum Gasteiger partial charge on any atom is 0.161 e. The monoisotopic (exact) mass is 381 g/mol. The minimum absolute atomic E-state index is 0.473. The van der Waals surface area contributed by atoms with E-state index >= 15 is 0 Å². The van der Waals surface area contributed by atoms with E-state index in [4.69, 9.17) is 9.47 Å². The summed E-state index contributed by atoms with van der Waals surface area (Å²) < 4.78 is 11.3. The van der Waals surface area contributed by atoms with Crippen LogP contribution in [0, 0.1) is 0 Å². The molecule has 0 amide bonds. The van der Waals surface area contributed by atoms with Crippen molar-refractivity contribution in [2.75, 3.05) is 27.3 Å². The third-order valence-corrected chi connectivity index (χ3v) is 8.83. The van der Waals surface area contributed by atoms with E-state index in [2.05, 4.69) is 60.9 Å². The van der Waals surface area contributed by atoms with Gasteiger partial charge in [0, 0.05) is 19.1 Å². The molecule has 2 atom stereocenters. The van der Waals surface area contributed by atoms with Crippen LogP contribution in [-0.2, 0) is 12.8 Å². The molecule has 27 heavy (non-hydrogen) atoms. The summed E-state index contributed by atoms with van der Waals surface area (Å²) in [6.07, 6.45) is 2.24. The van der Waals surface area contributed by atoms with E-state index in [0.29, 0.717) is 11.6 Å². The number of methoxy groups -OCH3 is 2. The predicted molar refractivity (Wildman–Crippen MR) is 114 cm³/mol. The summed E-state index contributed by atoms with van der Waals surface area (Å²) in [6.45, 7) is 9.81. The van der Waals surface area contributed by atoms with Crippen LogP contribution in [0.3, 0.4) is 0 Å².